The Kier molecular flexibility index (Phi) is 3.69. The molecule has 0 spiro atoms. The Morgan fingerprint density at radius 1 is 1.30 bits per heavy atom. The van der Waals surface area contributed by atoms with E-state index in [2.05, 4.69) is 33.2 Å². The van der Waals surface area contributed by atoms with Crippen LogP contribution in [-0.4, -0.2) is 26.5 Å². The molecule has 0 aliphatic carbocycles. The Hall–Kier alpha value is -1.88. The number of thiocarbonyl (C=S) groups is 1. The van der Waals surface area contributed by atoms with E-state index in [1.165, 1.54) is 5.69 Å². The summed E-state index contributed by atoms with van der Waals surface area (Å²) < 4.78 is 0. The van der Waals surface area contributed by atoms with Crippen molar-refractivity contribution in [2.75, 3.05) is 6.54 Å². The van der Waals surface area contributed by atoms with Crippen LogP contribution in [0.15, 0.2) is 42.7 Å². The third-order valence-electron chi connectivity index (χ3n) is 3.60. The molecule has 0 aromatic carbocycles. The molecule has 104 valence electrons. The van der Waals surface area contributed by atoms with E-state index in [0.29, 0.717) is 0 Å². The fraction of sp³-hybridized carbons (Fsp3) is 0.333. The summed E-state index contributed by atoms with van der Waals surface area (Å²) in [7, 11) is 0. The van der Waals surface area contributed by atoms with Crippen LogP contribution in [-0.2, 0) is 0 Å². The second kappa shape index (κ2) is 5.63. The van der Waals surface area contributed by atoms with Gasteiger partial charge in [0.1, 0.15) is 0 Å². The van der Waals surface area contributed by atoms with Crippen molar-refractivity contribution in [3.8, 4) is 0 Å². The Bertz CT molecular complexity index is 567. The summed E-state index contributed by atoms with van der Waals surface area (Å²) in [6, 6.07) is 10.4. The highest BCUT2D eigenvalue weighted by molar-refractivity contribution is 7.80. The summed E-state index contributed by atoms with van der Waals surface area (Å²) in [5.74, 6) is 0. The lowest BCUT2D eigenvalue weighted by Crippen LogP contribution is -2.30. The van der Waals surface area contributed by atoms with Gasteiger partial charge in [0.25, 0.3) is 0 Å². The predicted octanol–water partition coefficient (Wildman–Crippen LogP) is 2.79. The minimum Gasteiger partial charge on any atom is -0.363 e. The summed E-state index contributed by atoms with van der Waals surface area (Å²) in [4.78, 5) is 10.1. The SMILES string of the molecule is CCCN1C(=S)N[C@H](c2ccccn2)[C@@H]1c1ccc[nH]1. The average Bonchev–Trinajstić information content (AvgIpc) is 3.09. The molecular weight excluding hydrogens is 268 g/mol. The first-order valence-corrected chi connectivity index (χ1v) is 7.33. The number of nitrogens with one attached hydrogen (secondary N) is 2. The number of aromatic amines is 1. The molecule has 2 N–H and O–H groups in total. The average molecular weight is 286 g/mol. The molecular formula is C15H18N4S. The maximum absolute atomic E-state index is 5.51. The molecule has 0 bridgehead atoms. The molecule has 1 fully saturated rings. The molecule has 2 aromatic rings. The fourth-order valence-corrected chi connectivity index (χ4v) is 3.09. The Morgan fingerprint density at radius 3 is 2.85 bits per heavy atom. The van der Waals surface area contributed by atoms with Gasteiger partial charge in [0.2, 0.25) is 0 Å². The van der Waals surface area contributed by atoms with Gasteiger partial charge in [-0.1, -0.05) is 13.0 Å². The molecule has 2 aromatic heterocycles. The second-order valence-electron chi connectivity index (χ2n) is 4.95. The Balaban J connectivity index is 1.99. The first-order valence-electron chi connectivity index (χ1n) is 6.92. The zero-order chi connectivity index (χ0) is 13.9. The molecule has 1 saturated heterocycles. The van der Waals surface area contributed by atoms with Gasteiger partial charge in [0.05, 0.1) is 17.8 Å². The molecule has 20 heavy (non-hydrogen) atoms. The number of rotatable bonds is 4. The highest BCUT2D eigenvalue weighted by Crippen LogP contribution is 2.37. The summed E-state index contributed by atoms with van der Waals surface area (Å²) in [6.07, 6.45) is 4.85. The minimum atomic E-state index is 0.0916. The van der Waals surface area contributed by atoms with Gasteiger partial charge >= 0.3 is 0 Å². The standard InChI is InChI=1S/C15H18N4S/c1-2-10-19-14(12-7-5-9-17-12)13(18-15(19)20)11-6-3-4-8-16-11/h3-9,13-14,17H,2,10H2,1H3,(H,18,20)/t13-,14+/m1/s1. The highest BCUT2D eigenvalue weighted by atomic mass is 32.1. The van der Waals surface area contributed by atoms with Gasteiger partial charge in [0, 0.05) is 24.6 Å². The van der Waals surface area contributed by atoms with Gasteiger partial charge in [-0.2, -0.15) is 0 Å². The van der Waals surface area contributed by atoms with Crippen LogP contribution in [0.4, 0.5) is 0 Å². The summed E-state index contributed by atoms with van der Waals surface area (Å²) >= 11 is 5.51. The van der Waals surface area contributed by atoms with E-state index in [9.17, 15) is 0 Å². The van der Waals surface area contributed by atoms with Crippen LogP contribution < -0.4 is 5.32 Å². The van der Waals surface area contributed by atoms with Gasteiger partial charge < -0.3 is 15.2 Å². The van der Waals surface area contributed by atoms with Crippen LogP contribution in [0.1, 0.15) is 36.8 Å². The molecule has 5 heteroatoms. The van der Waals surface area contributed by atoms with E-state index in [1.807, 2.05) is 36.7 Å². The monoisotopic (exact) mass is 286 g/mol. The van der Waals surface area contributed by atoms with Gasteiger partial charge in [0.15, 0.2) is 5.11 Å². The lowest BCUT2D eigenvalue weighted by molar-refractivity contribution is 0.312. The van der Waals surface area contributed by atoms with Crippen LogP contribution in [0.25, 0.3) is 0 Å². The van der Waals surface area contributed by atoms with Crippen LogP contribution in [0, 0.1) is 0 Å². The second-order valence-corrected chi connectivity index (χ2v) is 5.33. The normalized spacial score (nSPS) is 22.1. The zero-order valence-electron chi connectivity index (χ0n) is 11.4. The maximum Gasteiger partial charge on any atom is 0.170 e. The van der Waals surface area contributed by atoms with Crippen LogP contribution in [0.3, 0.4) is 0 Å². The lowest BCUT2D eigenvalue weighted by atomic mass is 10.0. The van der Waals surface area contributed by atoms with E-state index < -0.39 is 0 Å². The molecule has 4 nitrogen and oxygen atoms in total. The number of hydrogen-bond acceptors (Lipinski definition) is 2. The Morgan fingerprint density at radius 2 is 2.20 bits per heavy atom. The number of pyridine rings is 1. The maximum atomic E-state index is 5.51. The van der Waals surface area contributed by atoms with E-state index in [-0.39, 0.29) is 12.1 Å². The number of nitrogens with zero attached hydrogens (tertiary/aromatic N) is 2. The van der Waals surface area contributed by atoms with Gasteiger partial charge in [-0.3, -0.25) is 4.98 Å². The van der Waals surface area contributed by atoms with Crippen molar-refractivity contribution in [3.05, 3.63) is 54.1 Å². The summed E-state index contributed by atoms with van der Waals surface area (Å²) in [5.41, 5.74) is 2.19. The van der Waals surface area contributed by atoms with Crippen LogP contribution in [0.5, 0.6) is 0 Å². The van der Waals surface area contributed by atoms with Crippen molar-refractivity contribution >= 4 is 17.3 Å². The molecule has 3 heterocycles. The molecule has 1 aliphatic heterocycles. The predicted molar refractivity (Wildman–Crippen MR) is 83.2 cm³/mol. The van der Waals surface area contributed by atoms with Gasteiger partial charge in [-0.05, 0) is 42.9 Å². The number of hydrogen-bond donors (Lipinski definition) is 2. The molecule has 0 amide bonds. The van der Waals surface area contributed by atoms with Crippen molar-refractivity contribution in [1.82, 2.24) is 20.2 Å². The summed E-state index contributed by atoms with van der Waals surface area (Å²) in [6.45, 7) is 3.11. The zero-order valence-corrected chi connectivity index (χ0v) is 12.2. The van der Waals surface area contributed by atoms with Crippen molar-refractivity contribution < 1.29 is 0 Å². The van der Waals surface area contributed by atoms with E-state index in [0.717, 1.165) is 23.8 Å². The third-order valence-corrected chi connectivity index (χ3v) is 3.96. The molecule has 0 radical (unpaired) electrons. The van der Waals surface area contributed by atoms with Crippen molar-refractivity contribution in [2.45, 2.75) is 25.4 Å². The van der Waals surface area contributed by atoms with Crippen LogP contribution in [0.2, 0.25) is 0 Å². The van der Waals surface area contributed by atoms with Crippen molar-refractivity contribution in [1.29, 1.82) is 0 Å². The number of H-pyrrole nitrogens is 1. The topological polar surface area (TPSA) is 44.0 Å². The highest BCUT2D eigenvalue weighted by Gasteiger charge is 2.39. The number of aromatic nitrogens is 2. The van der Waals surface area contributed by atoms with Gasteiger partial charge in [-0.15, -0.1) is 0 Å². The first-order chi connectivity index (χ1) is 9.81. The smallest absolute Gasteiger partial charge is 0.170 e. The van der Waals surface area contributed by atoms with Crippen molar-refractivity contribution in [3.63, 3.8) is 0 Å². The minimum absolute atomic E-state index is 0.0916. The largest absolute Gasteiger partial charge is 0.363 e. The summed E-state index contributed by atoms with van der Waals surface area (Å²) in [5, 5.41) is 4.23. The molecule has 0 unspecified atom stereocenters. The molecule has 1 aliphatic rings. The van der Waals surface area contributed by atoms with Gasteiger partial charge in [-0.25, -0.2) is 0 Å². The third kappa shape index (κ3) is 2.29. The molecule has 0 saturated carbocycles. The van der Waals surface area contributed by atoms with E-state index in [4.69, 9.17) is 12.2 Å². The lowest BCUT2D eigenvalue weighted by Gasteiger charge is -2.26. The van der Waals surface area contributed by atoms with E-state index in [1.54, 1.807) is 0 Å². The van der Waals surface area contributed by atoms with Crippen molar-refractivity contribution in [2.24, 2.45) is 0 Å². The quantitative estimate of drug-likeness (QED) is 0.848. The van der Waals surface area contributed by atoms with E-state index >= 15 is 0 Å². The van der Waals surface area contributed by atoms with Crippen LogP contribution >= 0.6 is 12.2 Å². The molecule has 3 rings (SSSR count). The fourth-order valence-electron chi connectivity index (χ4n) is 2.75. The molecule has 2 atom stereocenters. The Labute approximate surface area is 124 Å². The first kappa shape index (κ1) is 13.1.